The molecule has 2 aliphatic rings. The third kappa shape index (κ3) is 2.74. The number of aromatic amines is 1. The summed E-state index contributed by atoms with van der Waals surface area (Å²) in [6.45, 7) is 2.90. The van der Waals surface area contributed by atoms with Crippen LogP contribution in [0.4, 0.5) is 0 Å². The minimum absolute atomic E-state index is 0.276. The standard InChI is InChI=1S/C18H20N2O5/c1-2-18-11-24-14(15(18)23-10-12-6-4-3-5-7-12)16(25-18)20-9-8-13(21)19-17(20)22/h3-9,14-16H,2,10-11H2,1H3,(H,19,21,22)/t14?,15?,16-,18+/m1/s1. The number of nitrogens with one attached hydrogen (secondary N) is 1. The maximum atomic E-state index is 12.1. The zero-order chi connectivity index (χ0) is 17.4. The second kappa shape index (κ2) is 6.25. The van der Waals surface area contributed by atoms with Crippen LogP contribution in [0.3, 0.4) is 0 Å². The van der Waals surface area contributed by atoms with Crippen molar-refractivity contribution in [1.29, 1.82) is 0 Å². The number of ether oxygens (including phenoxy) is 3. The van der Waals surface area contributed by atoms with E-state index in [1.165, 1.54) is 16.8 Å². The van der Waals surface area contributed by atoms with Gasteiger partial charge in [-0.25, -0.2) is 4.79 Å². The number of hydrogen-bond acceptors (Lipinski definition) is 5. The van der Waals surface area contributed by atoms with E-state index >= 15 is 0 Å². The quantitative estimate of drug-likeness (QED) is 0.881. The molecule has 0 saturated carbocycles. The Kier molecular flexibility index (Phi) is 4.07. The van der Waals surface area contributed by atoms with Crippen LogP contribution in [0.25, 0.3) is 0 Å². The van der Waals surface area contributed by atoms with Crippen molar-refractivity contribution in [2.45, 2.75) is 44.0 Å². The van der Waals surface area contributed by atoms with Crippen molar-refractivity contribution in [2.75, 3.05) is 6.61 Å². The predicted octanol–water partition coefficient (Wildman–Crippen LogP) is 1.20. The van der Waals surface area contributed by atoms with Crippen LogP contribution in [0, 0.1) is 0 Å². The lowest BCUT2D eigenvalue weighted by molar-refractivity contribution is -0.176. The average molecular weight is 344 g/mol. The molecule has 7 nitrogen and oxygen atoms in total. The van der Waals surface area contributed by atoms with E-state index in [0.717, 1.165) is 5.56 Å². The Morgan fingerprint density at radius 1 is 1.28 bits per heavy atom. The van der Waals surface area contributed by atoms with Gasteiger partial charge in [0.25, 0.3) is 5.56 Å². The van der Waals surface area contributed by atoms with Crippen molar-refractivity contribution in [2.24, 2.45) is 0 Å². The van der Waals surface area contributed by atoms with Gasteiger partial charge in [0.05, 0.1) is 13.2 Å². The molecule has 2 unspecified atom stereocenters. The molecule has 2 aromatic rings. The fourth-order valence-corrected chi connectivity index (χ4v) is 3.58. The van der Waals surface area contributed by atoms with E-state index in [0.29, 0.717) is 19.6 Å². The third-order valence-corrected chi connectivity index (χ3v) is 4.97. The van der Waals surface area contributed by atoms with Gasteiger partial charge < -0.3 is 14.2 Å². The van der Waals surface area contributed by atoms with E-state index in [4.69, 9.17) is 14.2 Å². The van der Waals surface area contributed by atoms with E-state index in [1.54, 1.807) is 0 Å². The van der Waals surface area contributed by atoms with Crippen LogP contribution in [-0.2, 0) is 20.8 Å². The summed E-state index contributed by atoms with van der Waals surface area (Å²) in [7, 11) is 0. The normalized spacial score (nSPS) is 30.7. The Balaban J connectivity index is 1.60. The summed E-state index contributed by atoms with van der Waals surface area (Å²) in [6, 6.07) is 11.2. The summed E-state index contributed by atoms with van der Waals surface area (Å²) in [5.41, 5.74) is -0.466. The molecule has 0 amide bonds. The van der Waals surface area contributed by atoms with Crippen molar-refractivity contribution >= 4 is 0 Å². The lowest BCUT2D eigenvalue weighted by Gasteiger charge is -2.30. The van der Waals surface area contributed by atoms with Crippen LogP contribution in [0.1, 0.15) is 25.1 Å². The first-order valence-electron chi connectivity index (χ1n) is 8.39. The molecule has 3 heterocycles. The van der Waals surface area contributed by atoms with Crippen LogP contribution >= 0.6 is 0 Å². The summed E-state index contributed by atoms with van der Waals surface area (Å²) in [5, 5.41) is 0. The molecule has 2 aliphatic heterocycles. The molecule has 25 heavy (non-hydrogen) atoms. The van der Waals surface area contributed by atoms with E-state index < -0.39 is 29.2 Å². The Morgan fingerprint density at radius 3 is 2.80 bits per heavy atom. The summed E-state index contributed by atoms with van der Waals surface area (Å²) < 4.78 is 19.6. The Hall–Kier alpha value is -2.22. The van der Waals surface area contributed by atoms with Gasteiger partial charge in [0.1, 0.15) is 17.8 Å². The van der Waals surface area contributed by atoms with Gasteiger partial charge in [-0.3, -0.25) is 14.3 Å². The lowest BCUT2D eigenvalue weighted by Crippen LogP contribution is -2.41. The van der Waals surface area contributed by atoms with Gasteiger partial charge in [0.2, 0.25) is 0 Å². The molecule has 2 saturated heterocycles. The summed E-state index contributed by atoms with van der Waals surface area (Å²) in [6.07, 6.45) is 0.859. The van der Waals surface area contributed by atoms with Gasteiger partial charge in [0, 0.05) is 12.3 Å². The number of aromatic nitrogens is 2. The number of fused-ring (bicyclic) bond motifs is 2. The molecular formula is C18H20N2O5. The second-order valence-electron chi connectivity index (χ2n) is 6.44. The molecule has 0 radical (unpaired) electrons. The van der Waals surface area contributed by atoms with Crippen molar-refractivity contribution in [1.82, 2.24) is 9.55 Å². The summed E-state index contributed by atoms with van der Waals surface area (Å²) in [4.78, 5) is 25.7. The first kappa shape index (κ1) is 16.3. The third-order valence-electron chi connectivity index (χ3n) is 4.97. The molecule has 2 fully saturated rings. The fraction of sp³-hybridized carbons (Fsp3) is 0.444. The van der Waals surface area contributed by atoms with Crippen molar-refractivity contribution in [3.8, 4) is 0 Å². The van der Waals surface area contributed by atoms with Crippen LogP contribution < -0.4 is 11.2 Å². The highest BCUT2D eigenvalue weighted by Gasteiger charge is 2.62. The van der Waals surface area contributed by atoms with E-state index in [9.17, 15) is 9.59 Å². The van der Waals surface area contributed by atoms with Gasteiger partial charge in [-0.05, 0) is 12.0 Å². The van der Waals surface area contributed by atoms with Crippen LogP contribution in [0.2, 0.25) is 0 Å². The monoisotopic (exact) mass is 344 g/mol. The molecule has 132 valence electrons. The van der Waals surface area contributed by atoms with Gasteiger partial charge in [-0.2, -0.15) is 0 Å². The van der Waals surface area contributed by atoms with Crippen molar-refractivity contribution < 1.29 is 14.2 Å². The van der Waals surface area contributed by atoms with Gasteiger partial charge in [-0.15, -0.1) is 0 Å². The SMILES string of the molecule is CC[C@]12COC(C1OCc1ccccc1)[C@H](n1ccc(=O)[nH]c1=O)O2. The molecule has 0 aliphatic carbocycles. The number of H-pyrrole nitrogens is 1. The molecule has 1 aromatic heterocycles. The maximum Gasteiger partial charge on any atom is 0.330 e. The number of hydrogen-bond donors (Lipinski definition) is 1. The zero-order valence-corrected chi connectivity index (χ0v) is 13.9. The molecule has 4 atom stereocenters. The molecular weight excluding hydrogens is 324 g/mol. The van der Waals surface area contributed by atoms with Crippen LogP contribution in [0.5, 0.6) is 0 Å². The predicted molar refractivity (Wildman–Crippen MR) is 89.2 cm³/mol. The minimum Gasteiger partial charge on any atom is -0.368 e. The Morgan fingerprint density at radius 2 is 2.08 bits per heavy atom. The molecule has 1 aromatic carbocycles. The zero-order valence-electron chi connectivity index (χ0n) is 13.9. The molecule has 2 bridgehead atoms. The van der Waals surface area contributed by atoms with E-state index in [-0.39, 0.29) is 6.10 Å². The van der Waals surface area contributed by atoms with Crippen LogP contribution in [0.15, 0.2) is 52.2 Å². The fourth-order valence-electron chi connectivity index (χ4n) is 3.58. The highest BCUT2D eigenvalue weighted by Crippen LogP contribution is 2.47. The van der Waals surface area contributed by atoms with E-state index in [1.807, 2.05) is 37.3 Å². The molecule has 0 spiro atoms. The minimum atomic E-state index is -0.612. The Bertz CT molecular complexity index is 862. The topological polar surface area (TPSA) is 82.5 Å². The second-order valence-corrected chi connectivity index (χ2v) is 6.44. The van der Waals surface area contributed by atoms with Gasteiger partial charge >= 0.3 is 5.69 Å². The number of nitrogens with zero attached hydrogens (tertiary/aromatic N) is 1. The van der Waals surface area contributed by atoms with Gasteiger partial charge in [0.15, 0.2) is 6.23 Å². The molecule has 4 rings (SSSR count). The maximum absolute atomic E-state index is 12.1. The average Bonchev–Trinajstić information content (AvgIpc) is 3.13. The lowest BCUT2D eigenvalue weighted by atomic mass is 9.96. The summed E-state index contributed by atoms with van der Waals surface area (Å²) >= 11 is 0. The van der Waals surface area contributed by atoms with Crippen molar-refractivity contribution in [3.05, 3.63) is 69.0 Å². The highest BCUT2D eigenvalue weighted by molar-refractivity contribution is 5.14. The molecule has 1 N–H and O–H groups in total. The number of rotatable bonds is 5. The van der Waals surface area contributed by atoms with E-state index in [2.05, 4.69) is 4.98 Å². The highest BCUT2D eigenvalue weighted by atomic mass is 16.7. The smallest absolute Gasteiger partial charge is 0.330 e. The summed E-state index contributed by atoms with van der Waals surface area (Å²) in [5.74, 6) is 0. The van der Waals surface area contributed by atoms with Gasteiger partial charge in [-0.1, -0.05) is 37.3 Å². The Labute approximate surface area is 144 Å². The van der Waals surface area contributed by atoms with Crippen LogP contribution in [-0.4, -0.2) is 34.0 Å². The molecule has 7 heteroatoms. The largest absolute Gasteiger partial charge is 0.368 e. The number of benzene rings is 1. The van der Waals surface area contributed by atoms with Crippen molar-refractivity contribution in [3.63, 3.8) is 0 Å². The first-order valence-corrected chi connectivity index (χ1v) is 8.39. The first-order chi connectivity index (χ1) is 12.1.